The van der Waals surface area contributed by atoms with Crippen LogP contribution in [0.2, 0.25) is 0 Å². The quantitative estimate of drug-likeness (QED) is 0.889. The number of nitrogens with one attached hydrogen (secondary N) is 1. The van der Waals surface area contributed by atoms with Crippen molar-refractivity contribution < 1.29 is 9.53 Å². The number of hydrogen-bond donors (Lipinski definition) is 1. The summed E-state index contributed by atoms with van der Waals surface area (Å²) in [5.41, 5.74) is 0. The predicted molar refractivity (Wildman–Crippen MR) is 72.9 cm³/mol. The SMILES string of the molecule is CC(C)CNC(=O)COc1nncc2ccccc12. The average Bonchev–Trinajstić information content (AvgIpc) is 2.42. The Morgan fingerprint density at radius 1 is 1.37 bits per heavy atom. The first-order valence-electron chi connectivity index (χ1n) is 6.26. The van der Waals surface area contributed by atoms with Crippen molar-refractivity contribution in [2.75, 3.05) is 13.2 Å². The molecular formula is C14H17N3O2. The Balaban J connectivity index is 2.00. The second kappa shape index (κ2) is 6.13. The molecule has 19 heavy (non-hydrogen) atoms. The van der Waals surface area contributed by atoms with Crippen LogP contribution in [0.1, 0.15) is 13.8 Å². The molecule has 0 spiro atoms. The predicted octanol–water partition coefficient (Wildman–Crippen LogP) is 1.78. The summed E-state index contributed by atoms with van der Waals surface area (Å²) in [6.07, 6.45) is 1.67. The van der Waals surface area contributed by atoms with E-state index in [1.807, 2.05) is 38.1 Å². The molecule has 0 saturated heterocycles. The number of ether oxygens (including phenoxy) is 1. The highest BCUT2D eigenvalue weighted by Gasteiger charge is 2.07. The lowest BCUT2D eigenvalue weighted by molar-refractivity contribution is -0.123. The van der Waals surface area contributed by atoms with Gasteiger partial charge >= 0.3 is 0 Å². The summed E-state index contributed by atoms with van der Waals surface area (Å²) in [6, 6.07) is 7.64. The molecule has 1 amide bonds. The minimum absolute atomic E-state index is 0.0462. The Labute approximate surface area is 112 Å². The van der Waals surface area contributed by atoms with E-state index < -0.39 is 0 Å². The van der Waals surface area contributed by atoms with Gasteiger partial charge in [-0.2, -0.15) is 5.10 Å². The first-order valence-corrected chi connectivity index (χ1v) is 6.26. The van der Waals surface area contributed by atoms with Gasteiger partial charge in [-0.3, -0.25) is 4.79 Å². The van der Waals surface area contributed by atoms with Gasteiger partial charge in [0.05, 0.1) is 6.20 Å². The first-order chi connectivity index (χ1) is 9.16. The van der Waals surface area contributed by atoms with Crippen molar-refractivity contribution in [2.45, 2.75) is 13.8 Å². The fourth-order valence-electron chi connectivity index (χ4n) is 1.61. The van der Waals surface area contributed by atoms with Crippen LogP contribution < -0.4 is 10.1 Å². The van der Waals surface area contributed by atoms with Crippen LogP contribution in [0.5, 0.6) is 5.88 Å². The van der Waals surface area contributed by atoms with Crippen LogP contribution in [-0.2, 0) is 4.79 Å². The van der Waals surface area contributed by atoms with Crippen LogP contribution in [-0.4, -0.2) is 29.3 Å². The third-order valence-corrected chi connectivity index (χ3v) is 2.58. The highest BCUT2D eigenvalue weighted by atomic mass is 16.5. The Morgan fingerprint density at radius 2 is 2.16 bits per heavy atom. The number of amides is 1. The number of carbonyl (C=O) groups excluding carboxylic acids is 1. The summed E-state index contributed by atoms with van der Waals surface area (Å²) >= 11 is 0. The van der Waals surface area contributed by atoms with Gasteiger partial charge in [0, 0.05) is 17.3 Å². The van der Waals surface area contributed by atoms with Crippen molar-refractivity contribution in [3.8, 4) is 5.88 Å². The van der Waals surface area contributed by atoms with Crippen LogP contribution in [0.25, 0.3) is 10.8 Å². The topological polar surface area (TPSA) is 64.1 Å². The van der Waals surface area contributed by atoms with Gasteiger partial charge in [0.15, 0.2) is 6.61 Å². The normalized spacial score (nSPS) is 10.7. The van der Waals surface area contributed by atoms with E-state index in [0.717, 1.165) is 10.8 Å². The van der Waals surface area contributed by atoms with E-state index in [0.29, 0.717) is 18.3 Å². The minimum Gasteiger partial charge on any atom is -0.466 e. The van der Waals surface area contributed by atoms with E-state index in [9.17, 15) is 4.79 Å². The van der Waals surface area contributed by atoms with Crippen LogP contribution >= 0.6 is 0 Å². The van der Waals surface area contributed by atoms with Crippen molar-refractivity contribution in [1.82, 2.24) is 15.5 Å². The lowest BCUT2D eigenvalue weighted by Gasteiger charge is -2.09. The molecule has 0 radical (unpaired) electrons. The molecule has 5 heteroatoms. The number of hydrogen-bond acceptors (Lipinski definition) is 4. The number of benzene rings is 1. The van der Waals surface area contributed by atoms with Crippen LogP contribution in [0, 0.1) is 5.92 Å². The molecule has 0 bridgehead atoms. The molecule has 5 nitrogen and oxygen atoms in total. The summed E-state index contributed by atoms with van der Waals surface area (Å²) in [4.78, 5) is 11.6. The largest absolute Gasteiger partial charge is 0.466 e. The monoisotopic (exact) mass is 259 g/mol. The van der Waals surface area contributed by atoms with Crippen molar-refractivity contribution in [2.24, 2.45) is 5.92 Å². The van der Waals surface area contributed by atoms with E-state index in [-0.39, 0.29) is 12.5 Å². The third-order valence-electron chi connectivity index (χ3n) is 2.58. The second-order valence-electron chi connectivity index (χ2n) is 4.72. The number of fused-ring (bicyclic) bond motifs is 1. The fraction of sp³-hybridized carbons (Fsp3) is 0.357. The van der Waals surface area contributed by atoms with Crippen molar-refractivity contribution in [3.63, 3.8) is 0 Å². The van der Waals surface area contributed by atoms with Gasteiger partial charge in [-0.1, -0.05) is 32.0 Å². The molecule has 1 aromatic carbocycles. The van der Waals surface area contributed by atoms with Gasteiger partial charge in [-0.15, -0.1) is 5.10 Å². The number of nitrogens with zero attached hydrogens (tertiary/aromatic N) is 2. The van der Waals surface area contributed by atoms with E-state index >= 15 is 0 Å². The molecule has 1 heterocycles. The lowest BCUT2D eigenvalue weighted by Crippen LogP contribution is -2.31. The standard InChI is InChI=1S/C14H17N3O2/c1-10(2)7-15-13(18)9-19-14-12-6-4-3-5-11(12)8-16-17-14/h3-6,8,10H,7,9H2,1-2H3,(H,15,18). The minimum atomic E-state index is -0.150. The molecule has 0 aliphatic carbocycles. The highest BCUT2D eigenvalue weighted by molar-refractivity contribution is 5.86. The molecule has 2 aromatic rings. The van der Waals surface area contributed by atoms with E-state index in [1.54, 1.807) is 6.20 Å². The van der Waals surface area contributed by atoms with Crippen LogP contribution in [0.4, 0.5) is 0 Å². The molecule has 0 saturated carbocycles. The smallest absolute Gasteiger partial charge is 0.258 e. The van der Waals surface area contributed by atoms with Gasteiger partial charge in [0.25, 0.3) is 5.91 Å². The van der Waals surface area contributed by atoms with Crippen molar-refractivity contribution in [3.05, 3.63) is 30.5 Å². The second-order valence-corrected chi connectivity index (χ2v) is 4.72. The number of aromatic nitrogens is 2. The van der Waals surface area contributed by atoms with E-state index in [4.69, 9.17) is 4.74 Å². The zero-order valence-corrected chi connectivity index (χ0v) is 11.1. The van der Waals surface area contributed by atoms with E-state index in [2.05, 4.69) is 15.5 Å². The summed E-state index contributed by atoms with van der Waals surface area (Å²) in [5.74, 6) is 0.655. The molecule has 0 aliphatic heterocycles. The maximum atomic E-state index is 11.6. The fourth-order valence-corrected chi connectivity index (χ4v) is 1.61. The molecule has 100 valence electrons. The van der Waals surface area contributed by atoms with Crippen molar-refractivity contribution >= 4 is 16.7 Å². The van der Waals surface area contributed by atoms with Gasteiger partial charge in [-0.25, -0.2) is 0 Å². The maximum Gasteiger partial charge on any atom is 0.258 e. The number of rotatable bonds is 5. The maximum absolute atomic E-state index is 11.6. The molecule has 2 rings (SSSR count). The molecule has 0 fully saturated rings. The summed E-state index contributed by atoms with van der Waals surface area (Å²) in [7, 11) is 0. The summed E-state index contributed by atoms with van der Waals surface area (Å²) < 4.78 is 5.43. The van der Waals surface area contributed by atoms with Crippen LogP contribution in [0.3, 0.4) is 0 Å². The Morgan fingerprint density at radius 3 is 2.95 bits per heavy atom. The Hall–Kier alpha value is -2.17. The molecule has 1 aromatic heterocycles. The summed E-state index contributed by atoms with van der Waals surface area (Å²) in [5, 5.41) is 12.4. The van der Waals surface area contributed by atoms with Gasteiger partial charge < -0.3 is 10.1 Å². The Bertz CT molecular complexity index is 564. The van der Waals surface area contributed by atoms with Gasteiger partial charge in [0.1, 0.15) is 0 Å². The molecule has 1 N–H and O–H groups in total. The zero-order chi connectivity index (χ0) is 13.7. The Kier molecular flexibility index (Phi) is 4.28. The van der Waals surface area contributed by atoms with Gasteiger partial charge in [-0.05, 0) is 12.0 Å². The van der Waals surface area contributed by atoms with Crippen LogP contribution in [0.15, 0.2) is 30.5 Å². The van der Waals surface area contributed by atoms with Crippen molar-refractivity contribution in [1.29, 1.82) is 0 Å². The molecule has 0 atom stereocenters. The average molecular weight is 259 g/mol. The molecular weight excluding hydrogens is 242 g/mol. The van der Waals surface area contributed by atoms with Gasteiger partial charge in [0.2, 0.25) is 5.88 Å². The zero-order valence-electron chi connectivity index (χ0n) is 11.1. The lowest BCUT2D eigenvalue weighted by atomic mass is 10.2. The first kappa shape index (κ1) is 13.3. The van der Waals surface area contributed by atoms with E-state index in [1.165, 1.54) is 0 Å². The molecule has 0 aliphatic rings. The number of carbonyl (C=O) groups is 1. The molecule has 0 unspecified atom stereocenters. The highest BCUT2D eigenvalue weighted by Crippen LogP contribution is 2.20. The third kappa shape index (κ3) is 3.64. The summed E-state index contributed by atoms with van der Waals surface area (Å²) in [6.45, 7) is 4.67.